The molecule has 1 atom stereocenters. The maximum atomic E-state index is 11.8. The Morgan fingerprint density at radius 3 is 2.88 bits per heavy atom. The molecule has 0 saturated heterocycles. The molecule has 3 N–H and O–H groups in total. The Morgan fingerprint density at radius 2 is 2.20 bits per heavy atom. The van der Waals surface area contributed by atoms with E-state index in [0.717, 1.165) is 5.56 Å². The number of nitrogens with one attached hydrogen (secondary N) is 1. The van der Waals surface area contributed by atoms with Gasteiger partial charge in [0.1, 0.15) is 5.75 Å². The molecule has 1 aromatic carbocycles. The van der Waals surface area contributed by atoms with Gasteiger partial charge in [-0.15, -0.1) is 0 Å². The minimum atomic E-state index is -0.520. The second kappa shape index (κ2) is 6.82. The molecule has 0 fully saturated rings. The number of fused-ring (bicyclic) bond motifs is 1. The molecule has 0 aliphatic carbocycles. The minimum Gasteiger partial charge on any atom is -0.439 e. The van der Waals surface area contributed by atoms with E-state index in [1.54, 1.807) is 18.3 Å². The van der Waals surface area contributed by atoms with Crippen molar-refractivity contribution in [2.45, 2.75) is 45.4 Å². The molecule has 3 rings (SSSR count). The second-order valence-corrected chi connectivity index (χ2v) is 6.61. The quantitative estimate of drug-likeness (QED) is 0.871. The van der Waals surface area contributed by atoms with E-state index >= 15 is 0 Å². The fourth-order valence-corrected chi connectivity index (χ4v) is 2.70. The second-order valence-electron chi connectivity index (χ2n) is 6.61. The lowest BCUT2D eigenvalue weighted by atomic mass is 9.96. The number of rotatable bonds is 5. The highest BCUT2D eigenvalue weighted by Crippen LogP contribution is 2.38. The molecule has 2 aromatic rings. The van der Waals surface area contributed by atoms with Crippen LogP contribution in [0.3, 0.4) is 0 Å². The lowest BCUT2D eigenvalue weighted by Crippen LogP contribution is -2.34. The van der Waals surface area contributed by atoms with Gasteiger partial charge in [-0.25, -0.2) is 4.98 Å². The summed E-state index contributed by atoms with van der Waals surface area (Å²) in [7, 11) is 0. The van der Waals surface area contributed by atoms with Crippen LogP contribution in [0, 0.1) is 0 Å². The van der Waals surface area contributed by atoms with Crippen molar-refractivity contribution in [1.29, 1.82) is 0 Å². The average molecular weight is 341 g/mol. The number of pyridine rings is 1. The number of aromatic nitrogens is 1. The zero-order chi connectivity index (χ0) is 18.0. The predicted octanol–water partition coefficient (Wildman–Crippen LogP) is 3.32. The largest absolute Gasteiger partial charge is 0.439 e. The van der Waals surface area contributed by atoms with Crippen LogP contribution in [-0.4, -0.2) is 16.9 Å². The van der Waals surface area contributed by atoms with Crippen LogP contribution in [0.25, 0.3) is 0 Å². The third-order valence-corrected chi connectivity index (χ3v) is 4.32. The summed E-state index contributed by atoms with van der Waals surface area (Å²) < 4.78 is 11.6. The highest BCUT2D eigenvalue weighted by Gasteiger charge is 2.31. The Balaban J connectivity index is 1.69. The van der Waals surface area contributed by atoms with Crippen molar-refractivity contribution in [2.75, 3.05) is 5.32 Å². The van der Waals surface area contributed by atoms with Crippen molar-refractivity contribution in [1.82, 2.24) is 4.98 Å². The molecule has 1 aliphatic rings. The smallest absolute Gasteiger partial charge is 0.241 e. The third-order valence-electron chi connectivity index (χ3n) is 4.32. The van der Waals surface area contributed by atoms with E-state index in [1.807, 2.05) is 39.0 Å². The molecule has 2 heterocycles. The zero-order valence-corrected chi connectivity index (χ0v) is 14.7. The number of nitrogens with two attached hydrogens (primary N) is 1. The van der Waals surface area contributed by atoms with Crippen LogP contribution >= 0.6 is 0 Å². The summed E-state index contributed by atoms with van der Waals surface area (Å²) in [6.45, 7) is 6.57. The number of carbonyl (C=O) groups is 1. The zero-order valence-electron chi connectivity index (χ0n) is 14.7. The summed E-state index contributed by atoms with van der Waals surface area (Å²) >= 11 is 0. The Kier molecular flexibility index (Phi) is 4.74. The Labute approximate surface area is 147 Å². The topological polar surface area (TPSA) is 86.5 Å². The summed E-state index contributed by atoms with van der Waals surface area (Å²) in [5, 5.41) is 2.73. The van der Waals surface area contributed by atoms with Gasteiger partial charge in [-0.2, -0.15) is 0 Å². The van der Waals surface area contributed by atoms with E-state index in [1.165, 1.54) is 5.56 Å². The van der Waals surface area contributed by atoms with E-state index in [2.05, 4.69) is 10.3 Å². The minimum absolute atomic E-state index is 0.223. The van der Waals surface area contributed by atoms with E-state index in [-0.39, 0.29) is 11.5 Å². The van der Waals surface area contributed by atoms with Crippen molar-refractivity contribution < 1.29 is 14.3 Å². The first-order chi connectivity index (χ1) is 11.9. The van der Waals surface area contributed by atoms with Crippen LogP contribution in [0.15, 0.2) is 36.5 Å². The molecule has 25 heavy (non-hydrogen) atoms. The van der Waals surface area contributed by atoms with Crippen LogP contribution in [0.2, 0.25) is 0 Å². The number of nitrogens with zero attached hydrogens (tertiary/aromatic N) is 1. The SMILES string of the molecule is CC[C@@H](N)C(=O)Nc1ccc(Oc2ccc3c(c2)C(C)(C)OC3)nc1. The summed E-state index contributed by atoms with van der Waals surface area (Å²) in [5.41, 5.74) is 8.28. The predicted molar refractivity (Wildman–Crippen MR) is 95.5 cm³/mol. The summed E-state index contributed by atoms with van der Waals surface area (Å²) in [6.07, 6.45) is 2.13. The molecule has 0 saturated carbocycles. The van der Waals surface area contributed by atoms with Crippen molar-refractivity contribution in [2.24, 2.45) is 5.73 Å². The number of anilines is 1. The van der Waals surface area contributed by atoms with Crippen LogP contribution in [-0.2, 0) is 21.7 Å². The van der Waals surface area contributed by atoms with Crippen LogP contribution in [0.5, 0.6) is 11.6 Å². The maximum absolute atomic E-state index is 11.8. The van der Waals surface area contributed by atoms with Gasteiger partial charge in [0.25, 0.3) is 0 Å². The van der Waals surface area contributed by atoms with Gasteiger partial charge in [0.05, 0.1) is 30.1 Å². The summed E-state index contributed by atoms with van der Waals surface area (Å²) in [6, 6.07) is 8.83. The first kappa shape index (κ1) is 17.4. The molecule has 1 aliphatic heterocycles. The van der Waals surface area contributed by atoms with E-state index in [4.69, 9.17) is 15.2 Å². The maximum Gasteiger partial charge on any atom is 0.241 e. The molecule has 0 unspecified atom stereocenters. The van der Waals surface area contributed by atoms with Gasteiger partial charge in [0.2, 0.25) is 11.8 Å². The van der Waals surface area contributed by atoms with Crippen molar-refractivity contribution in [3.8, 4) is 11.6 Å². The molecule has 132 valence electrons. The highest BCUT2D eigenvalue weighted by molar-refractivity contribution is 5.94. The van der Waals surface area contributed by atoms with Crippen LogP contribution < -0.4 is 15.8 Å². The van der Waals surface area contributed by atoms with Gasteiger partial charge in [-0.3, -0.25) is 4.79 Å². The summed E-state index contributed by atoms with van der Waals surface area (Å²) in [4.78, 5) is 16.0. The molecule has 0 bridgehead atoms. The number of hydrogen-bond acceptors (Lipinski definition) is 5. The number of carbonyl (C=O) groups excluding carboxylic acids is 1. The lowest BCUT2D eigenvalue weighted by Gasteiger charge is -2.18. The fraction of sp³-hybridized carbons (Fsp3) is 0.368. The number of amides is 1. The number of ether oxygens (including phenoxy) is 2. The van der Waals surface area contributed by atoms with Gasteiger partial charge in [0, 0.05) is 6.07 Å². The average Bonchev–Trinajstić information content (AvgIpc) is 2.90. The van der Waals surface area contributed by atoms with Gasteiger partial charge in [-0.1, -0.05) is 13.0 Å². The molecule has 0 spiro atoms. The number of benzene rings is 1. The number of hydrogen-bond donors (Lipinski definition) is 2. The van der Waals surface area contributed by atoms with Crippen LogP contribution in [0.1, 0.15) is 38.3 Å². The van der Waals surface area contributed by atoms with Gasteiger partial charge >= 0.3 is 0 Å². The molecule has 6 nitrogen and oxygen atoms in total. The van der Waals surface area contributed by atoms with E-state index in [9.17, 15) is 4.79 Å². The molecular weight excluding hydrogens is 318 g/mol. The van der Waals surface area contributed by atoms with Gasteiger partial charge in [0.15, 0.2) is 0 Å². The lowest BCUT2D eigenvalue weighted by molar-refractivity contribution is -0.117. The van der Waals surface area contributed by atoms with E-state index in [0.29, 0.717) is 30.3 Å². The molecule has 6 heteroatoms. The van der Waals surface area contributed by atoms with Crippen molar-refractivity contribution in [3.05, 3.63) is 47.7 Å². The monoisotopic (exact) mass is 341 g/mol. The van der Waals surface area contributed by atoms with Crippen LogP contribution in [0.4, 0.5) is 5.69 Å². The first-order valence-electron chi connectivity index (χ1n) is 8.37. The first-order valence-corrected chi connectivity index (χ1v) is 8.37. The molecule has 1 aromatic heterocycles. The molecule has 1 amide bonds. The standard InChI is InChI=1S/C19H23N3O3/c1-4-16(20)18(23)22-13-6-8-17(21-10-13)25-14-7-5-12-11-24-19(2,3)15(12)9-14/h5-10,16H,4,11,20H2,1-3H3,(H,22,23)/t16-/m1/s1. The van der Waals surface area contributed by atoms with E-state index < -0.39 is 6.04 Å². The Morgan fingerprint density at radius 1 is 1.40 bits per heavy atom. The fourth-order valence-electron chi connectivity index (χ4n) is 2.70. The normalized spacial score (nSPS) is 16.2. The van der Waals surface area contributed by atoms with Crippen molar-refractivity contribution >= 4 is 11.6 Å². The highest BCUT2D eigenvalue weighted by atomic mass is 16.5. The van der Waals surface area contributed by atoms with Gasteiger partial charge in [-0.05, 0) is 49.6 Å². The third kappa shape index (κ3) is 3.81. The molecular formula is C19H23N3O3. The Hall–Kier alpha value is -2.44. The van der Waals surface area contributed by atoms with Crippen molar-refractivity contribution in [3.63, 3.8) is 0 Å². The molecule has 0 radical (unpaired) electrons. The summed E-state index contributed by atoms with van der Waals surface area (Å²) in [5.74, 6) is 0.933. The van der Waals surface area contributed by atoms with Gasteiger partial charge < -0.3 is 20.5 Å². The Bertz CT molecular complexity index is 772.